The number of amides is 3. The minimum atomic E-state index is -1.12. The van der Waals surface area contributed by atoms with E-state index in [0.29, 0.717) is 19.5 Å². The van der Waals surface area contributed by atoms with Crippen molar-refractivity contribution in [2.45, 2.75) is 102 Å². The van der Waals surface area contributed by atoms with Gasteiger partial charge in [-0.25, -0.2) is 0 Å². The molecule has 8 heteroatoms. The molecule has 0 radical (unpaired) electrons. The lowest BCUT2D eigenvalue weighted by Crippen LogP contribution is -2.61. The number of nitrogens with zero attached hydrogens (tertiary/aromatic N) is 3. The average Bonchev–Trinajstić information content (AvgIpc) is 3.44. The van der Waals surface area contributed by atoms with Crippen LogP contribution in [-0.2, 0) is 19.1 Å². The van der Waals surface area contributed by atoms with Crippen LogP contribution >= 0.6 is 0 Å². The molecule has 3 saturated heterocycles. The van der Waals surface area contributed by atoms with Crippen molar-refractivity contribution in [3.63, 3.8) is 0 Å². The highest BCUT2D eigenvalue weighted by molar-refractivity contribution is 5.99. The van der Waals surface area contributed by atoms with Crippen molar-refractivity contribution in [1.29, 1.82) is 0 Å². The maximum Gasteiger partial charge on any atom is 0.248 e. The van der Waals surface area contributed by atoms with Gasteiger partial charge in [-0.2, -0.15) is 0 Å². The third kappa shape index (κ3) is 4.55. The van der Waals surface area contributed by atoms with Crippen molar-refractivity contribution < 1.29 is 24.2 Å². The Labute approximate surface area is 234 Å². The summed E-state index contributed by atoms with van der Waals surface area (Å²) in [6.45, 7) is 16.3. The van der Waals surface area contributed by atoms with Crippen LogP contribution in [0.4, 0.5) is 0 Å². The molecular weight excluding hydrogens is 494 g/mol. The summed E-state index contributed by atoms with van der Waals surface area (Å²) < 4.78 is 6.91. The first-order chi connectivity index (χ1) is 18.5. The summed E-state index contributed by atoms with van der Waals surface area (Å²) in [5.41, 5.74) is -1.98. The first-order valence-corrected chi connectivity index (χ1v) is 14.9. The topological polar surface area (TPSA) is 90.4 Å². The summed E-state index contributed by atoms with van der Waals surface area (Å²) in [7, 11) is 1.72. The van der Waals surface area contributed by atoms with Gasteiger partial charge < -0.3 is 24.5 Å². The third-order valence-corrected chi connectivity index (χ3v) is 10.5. The average molecular weight is 544 g/mol. The van der Waals surface area contributed by atoms with Crippen LogP contribution < -0.4 is 0 Å². The van der Waals surface area contributed by atoms with Crippen LogP contribution in [-0.4, -0.2) is 93.6 Å². The minimum Gasteiger partial charge on any atom is -0.394 e. The van der Waals surface area contributed by atoms with Crippen LogP contribution in [0, 0.1) is 23.7 Å². The van der Waals surface area contributed by atoms with Crippen molar-refractivity contribution in [2.75, 3.05) is 26.7 Å². The SMILES string of the molecule is C=CCN(C)C(=O)[C@@H]1[C@H]2C(=O)N([C@@H](CO)[C@@H](C)CC)C(C(=O)N(CC=C)C3CCCCC3)C23CC(C)[C@@]1(C)O3. The first-order valence-electron chi connectivity index (χ1n) is 14.9. The van der Waals surface area contributed by atoms with E-state index in [-0.39, 0.29) is 42.2 Å². The summed E-state index contributed by atoms with van der Waals surface area (Å²) >= 11 is 0. The molecular formula is C31H49N3O5. The lowest BCUT2D eigenvalue weighted by atomic mass is 9.62. The van der Waals surface area contributed by atoms with Crippen LogP contribution in [0.2, 0.25) is 0 Å². The molecule has 1 N–H and O–H groups in total. The van der Waals surface area contributed by atoms with Gasteiger partial charge in [-0.3, -0.25) is 14.4 Å². The Bertz CT molecular complexity index is 979. The van der Waals surface area contributed by atoms with Crippen LogP contribution in [0.25, 0.3) is 0 Å². The molecule has 1 saturated carbocycles. The Kier molecular flexibility index (Phi) is 8.67. The number of ether oxygens (including phenoxy) is 1. The van der Waals surface area contributed by atoms with E-state index in [1.165, 1.54) is 0 Å². The molecule has 3 unspecified atom stereocenters. The molecule has 4 aliphatic rings. The number of hydrogen-bond acceptors (Lipinski definition) is 5. The highest BCUT2D eigenvalue weighted by Crippen LogP contribution is 2.66. The summed E-state index contributed by atoms with van der Waals surface area (Å²) in [5, 5.41) is 10.6. The number of carbonyl (C=O) groups is 3. The molecule has 8 atom stereocenters. The van der Waals surface area contributed by atoms with Gasteiger partial charge in [-0.05, 0) is 38.0 Å². The van der Waals surface area contributed by atoms with Gasteiger partial charge in [-0.15, -0.1) is 13.2 Å². The third-order valence-electron chi connectivity index (χ3n) is 10.5. The maximum absolute atomic E-state index is 14.8. The Hall–Kier alpha value is -2.19. The molecule has 4 fully saturated rings. The highest BCUT2D eigenvalue weighted by Gasteiger charge is 2.80. The molecule has 1 aliphatic carbocycles. The monoisotopic (exact) mass is 543 g/mol. The Morgan fingerprint density at radius 1 is 1.18 bits per heavy atom. The molecule has 3 heterocycles. The second-order valence-corrected chi connectivity index (χ2v) is 12.7. The molecule has 39 heavy (non-hydrogen) atoms. The zero-order chi connectivity index (χ0) is 28.7. The molecule has 218 valence electrons. The van der Waals surface area contributed by atoms with Gasteiger partial charge >= 0.3 is 0 Å². The van der Waals surface area contributed by atoms with Gasteiger partial charge in [-0.1, -0.05) is 58.6 Å². The van der Waals surface area contributed by atoms with Gasteiger partial charge in [0.1, 0.15) is 11.6 Å². The van der Waals surface area contributed by atoms with Crippen molar-refractivity contribution in [2.24, 2.45) is 23.7 Å². The van der Waals surface area contributed by atoms with E-state index >= 15 is 0 Å². The van der Waals surface area contributed by atoms with E-state index in [4.69, 9.17) is 4.74 Å². The maximum atomic E-state index is 14.8. The van der Waals surface area contributed by atoms with Crippen molar-refractivity contribution in [3.8, 4) is 0 Å². The van der Waals surface area contributed by atoms with Gasteiger partial charge in [0.15, 0.2) is 0 Å². The Balaban J connectivity index is 1.86. The van der Waals surface area contributed by atoms with Crippen LogP contribution in [0.15, 0.2) is 25.3 Å². The van der Waals surface area contributed by atoms with Crippen molar-refractivity contribution >= 4 is 17.7 Å². The van der Waals surface area contributed by atoms with E-state index in [0.717, 1.165) is 38.5 Å². The largest absolute Gasteiger partial charge is 0.394 e. The fourth-order valence-electron chi connectivity index (χ4n) is 8.13. The van der Waals surface area contributed by atoms with E-state index in [2.05, 4.69) is 20.1 Å². The van der Waals surface area contributed by atoms with E-state index < -0.39 is 35.1 Å². The number of hydrogen-bond donors (Lipinski definition) is 1. The number of aliphatic hydroxyl groups is 1. The minimum absolute atomic E-state index is 0.0263. The fraction of sp³-hybridized carbons (Fsp3) is 0.774. The van der Waals surface area contributed by atoms with Gasteiger partial charge in [0.05, 0.1) is 30.1 Å². The van der Waals surface area contributed by atoms with Crippen molar-refractivity contribution in [3.05, 3.63) is 25.3 Å². The standard InChI is InChI=1S/C31H49N3O5/c1-8-16-32(7)27(36)24-25-28(37)34(23(19-35)20(4)10-3)26(31(25)18-21(5)30(24,6)39-31)29(38)33(17-9-2)22-14-12-11-13-15-22/h8-9,20-26,35H,1-2,10-19H2,3-7H3/t20-,21?,23-,24-,25-,26?,30+,31?/m0/s1. The smallest absolute Gasteiger partial charge is 0.248 e. The molecule has 8 nitrogen and oxygen atoms in total. The summed E-state index contributed by atoms with van der Waals surface area (Å²) in [6, 6.07) is -1.36. The summed E-state index contributed by atoms with van der Waals surface area (Å²) in [6.07, 6.45) is 9.83. The van der Waals surface area contributed by atoms with Gasteiger partial charge in [0, 0.05) is 26.2 Å². The number of rotatable bonds is 11. The Morgan fingerprint density at radius 2 is 1.82 bits per heavy atom. The molecule has 0 aromatic heterocycles. The number of likely N-dealkylation sites (N-methyl/N-ethyl adjacent to an activating group) is 1. The second-order valence-electron chi connectivity index (χ2n) is 12.7. The van der Waals surface area contributed by atoms with Crippen molar-refractivity contribution in [1.82, 2.24) is 14.7 Å². The second kappa shape index (κ2) is 11.4. The quantitative estimate of drug-likeness (QED) is 0.404. The Morgan fingerprint density at radius 3 is 2.38 bits per heavy atom. The molecule has 4 rings (SSSR count). The van der Waals surface area contributed by atoms with Crippen LogP contribution in [0.5, 0.6) is 0 Å². The molecule has 2 bridgehead atoms. The summed E-state index contributed by atoms with van der Waals surface area (Å²) in [4.78, 5) is 48.4. The molecule has 0 aromatic rings. The van der Waals surface area contributed by atoms with E-state index in [1.807, 2.05) is 25.7 Å². The predicted octanol–water partition coefficient (Wildman–Crippen LogP) is 3.40. The number of aliphatic hydroxyl groups excluding tert-OH is 1. The number of likely N-dealkylation sites (tertiary alicyclic amines) is 1. The molecule has 3 aliphatic heterocycles. The molecule has 1 spiro atoms. The first kappa shape index (κ1) is 29.8. The number of fused-ring (bicyclic) bond motifs is 1. The lowest BCUT2D eigenvalue weighted by Gasteiger charge is -2.43. The van der Waals surface area contributed by atoms with Crippen LogP contribution in [0.1, 0.15) is 72.6 Å². The summed E-state index contributed by atoms with van der Waals surface area (Å²) in [5.74, 6) is -2.08. The van der Waals surface area contributed by atoms with E-state index in [1.54, 1.807) is 29.0 Å². The predicted molar refractivity (Wildman–Crippen MR) is 151 cm³/mol. The molecule has 3 amide bonds. The highest BCUT2D eigenvalue weighted by atomic mass is 16.5. The van der Waals surface area contributed by atoms with Gasteiger partial charge in [0.25, 0.3) is 0 Å². The zero-order valence-corrected chi connectivity index (χ0v) is 24.6. The zero-order valence-electron chi connectivity index (χ0n) is 24.6. The lowest BCUT2D eigenvalue weighted by molar-refractivity contribution is -0.160. The van der Waals surface area contributed by atoms with Gasteiger partial charge in [0.2, 0.25) is 17.7 Å². The number of carbonyl (C=O) groups excluding carboxylic acids is 3. The van der Waals surface area contributed by atoms with Crippen LogP contribution in [0.3, 0.4) is 0 Å². The van der Waals surface area contributed by atoms with E-state index in [9.17, 15) is 19.5 Å². The fourth-order valence-corrected chi connectivity index (χ4v) is 8.13. The normalized spacial score (nSPS) is 35.4. The molecule has 0 aromatic carbocycles.